The minimum atomic E-state index is -0.290. The van der Waals surface area contributed by atoms with Gasteiger partial charge in [-0.05, 0) is 69.2 Å². The largest absolute Gasteiger partial charge is 0.371 e. The lowest BCUT2D eigenvalue weighted by molar-refractivity contribution is -0.143. The smallest absolute Gasteiger partial charge is 0.243 e. The number of carbonyl (C=O) groups excluding carboxylic acids is 2. The van der Waals surface area contributed by atoms with E-state index in [9.17, 15) is 14.0 Å². The zero-order chi connectivity index (χ0) is 18.8. The van der Waals surface area contributed by atoms with Crippen LogP contribution in [0, 0.1) is 11.7 Å². The van der Waals surface area contributed by atoms with Crippen LogP contribution in [0.1, 0.15) is 44.9 Å². The molecule has 2 aliphatic heterocycles. The van der Waals surface area contributed by atoms with E-state index in [0.717, 1.165) is 70.3 Å². The summed E-state index contributed by atoms with van der Waals surface area (Å²) in [6.07, 6.45) is 6.47. The van der Waals surface area contributed by atoms with Crippen LogP contribution in [0.15, 0.2) is 24.3 Å². The van der Waals surface area contributed by atoms with E-state index >= 15 is 0 Å². The Bertz CT molecular complexity index is 681. The number of halogens is 1. The van der Waals surface area contributed by atoms with E-state index in [0.29, 0.717) is 0 Å². The van der Waals surface area contributed by atoms with Crippen molar-refractivity contribution in [2.24, 2.45) is 5.92 Å². The van der Waals surface area contributed by atoms with Gasteiger partial charge in [-0.3, -0.25) is 9.59 Å². The first kappa shape index (κ1) is 18.3. The van der Waals surface area contributed by atoms with E-state index in [2.05, 4.69) is 10.2 Å². The number of carbonyl (C=O) groups is 2. The molecular formula is C21H28FN3O2. The molecule has 1 saturated carbocycles. The summed E-state index contributed by atoms with van der Waals surface area (Å²) in [5.74, 6) is 0.140. The number of hydrogen-bond acceptors (Lipinski definition) is 3. The average molecular weight is 373 g/mol. The van der Waals surface area contributed by atoms with Crippen molar-refractivity contribution in [3.8, 4) is 0 Å². The molecule has 6 heteroatoms. The zero-order valence-corrected chi connectivity index (χ0v) is 15.7. The van der Waals surface area contributed by atoms with Gasteiger partial charge in [-0.2, -0.15) is 0 Å². The van der Waals surface area contributed by atoms with Gasteiger partial charge in [0.2, 0.25) is 11.8 Å². The van der Waals surface area contributed by atoms with Crippen molar-refractivity contribution in [1.29, 1.82) is 0 Å². The van der Waals surface area contributed by atoms with Crippen LogP contribution in [0.5, 0.6) is 0 Å². The molecule has 3 aliphatic rings. The van der Waals surface area contributed by atoms with Gasteiger partial charge in [0.15, 0.2) is 0 Å². The Balaban J connectivity index is 1.30. The number of benzene rings is 1. The lowest BCUT2D eigenvalue weighted by Crippen LogP contribution is -2.55. The summed E-state index contributed by atoms with van der Waals surface area (Å²) in [4.78, 5) is 29.4. The predicted molar refractivity (Wildman–Crippen MR) is 102 cm³/mol. The molecule has 0 spiro atoms. The highest BCUT2D eigenvalue weighted by Gasteiger charge is 2.40. The molecule has 0 bridgehead atoms. The molecule has 0 aromatic heterocycles. The third kappa shape index (κ3) is 4.25. The van der Waals surface area contributed by atoms with Crippen LogP contribution in [0.2, 0.25) is 0 Å². The first-order valence-corrected chi connectivity index (χ1v) is 10.2. The number of amides is 2. The summed E-state index contributed by atoms with van der Waals surface area (Å²) in [5, 5.41) is 3.19. The van der Waals surface area contributed by atoms with Gasteiger partial charge in [0.05, 0.1) is 0 Å². The van der Waals surface area contributed by atoms with E-state index in [1.54, 1.807) is 12.1 Å². The summed E-state index contributed by atoms with van der Waals surface area (Å²) in [6.45, 7) is 2.40. The van der Waals surface area contributed by atoms with Gasteiger partial charge in [0.1, 0.15) is 11.9 Å². The van der Waals surface area contributed by atoms with Crippen LogP contribution in [0.4, 0.5) is 10.1 Å². The first-order chi connectivity index (χ1) is 13.1. The number of anilines is 1. The topological polar surface area (TPSA) is 52.7 Å². The molecular weight excluding hydrogens is 345 g/mol. The van der Waals surface area contributed by atoms with Crippen molar-refractivity contribution in [2.75, 3.05) is 24.5 Å². The third-order valence-electron chi connectivity index (χ3n) is 6.05. The van der Waals surface area contributed by atoms with E-state index in [-0.39, 0.29) is 35.6 Å². The van der Waals surface area contributed by atoms with Gasteiger partial charge in [0.25, 0.3) is 0 Å². The van der Waals surface area contributed by atoms with Crippen LogP contribution < -0.4 is 10.2 Å². The zero-order valence-electron chi connectivity index (χ0n) is 15.7. The number of nitrogens with one attached hydrogen (secondary N) is 1. The Morgan fingerprint density at radius 3 is 2.30 bits per heavy atom. The van der Waals surface area contributed by atoms with Crippen LogP contribution in [0.25, 0.3) is 0 Å². The van der Waals surface area contributed by atoms with Gasteiger partial charge < -0.3 is 15.1 Å². The number of nitrogens with zero attached hydrogens (tertiary/aromatic N) is 2. The fourth-order valence-electron chi connectivity index (χ4n) is 4.26. The highest BCUT2D eigenvalue weighted by atomic mass is 19.1. The second kappa shape index (κ2) is 7.87. The molecule has 1 N–H and O–H groups in total. The van der Waals surface area contributed by atoms with Crippen molar-refractivity contribution >= 4 is 17.5 Å². The minimum Gasteiger partial charge on any atom is -0.371 e. The van der Waals surface area contributed by atoms with Crippen LogP contribution >= 0.6 is 0 Å². The van der Waals surface area contributed by atoms with Crippen molar-refractivity contribution < 1.29 is 14.0 Å². The second-order valence-corrected chi connectivity index (χ2v) is 8.06. The molecule has 3 fully saturated rings. The quantitative estimate of drug-likeness (QED) is 0.883. The highest BCUT2D eigenvalue weighted by Crippen LogP contribution is 2.33. The van der Waals surface area contributed by atoms with Crippen molar-refractivity contribution in [3.05, 3.63) is 30.1 Å². The van der Waals surface area contributed by atoms with E-state index in [4.69, 9.17) is 0 Å². The van der Waals surface area contributed by atoms with Crippen molar-refractivity contribution in [2.45, 2.75) is 57.0 Å². The molecule has 0 unspecified atom stereocenters. The van der Waals surface area contributed by atoms with Gasteiger partial charge in [-0.1, -0.05) is 0 Å². The molecule has 1 atom stereocenters. The predicted octanol–water partition coefficient (Wildman–Crippen LogP) is 2.70. The lowest BCUT2D eigenvalue weighted by Gasteiger charge is -2.38. The number of hydrogen-bond donors (Lipinski definition) is 1. The van der Waals surface area contributed by atoms with E-state index in [1.165, 1.54) is 12.1 Å². The molecule has 1 aromatic carbocycles. The summed E-state index contributed by atoms with van der Waals surface area (Å²) in [6, 6.07) is 6.43. The second-order valence-electron chi connectivity index (χ2n) is 8.06. The molecule has 146 valence electrons. The number of rotatable bonds is 4. The fourth-order valence-corrected chi connectivity index (χ4v) is 4.26. The summed E-state index contributed by atoms with van der Waals surface area (Å²) >= 11 is 0. The molecule has 4 rings (SSSR count). The van der Waals surface area contributed by atoms with Crippen molar-refractivity contribution in [1.82, 2.24) is 10.2 Å². The maximum Gasteiger partial charge on any atom is 0.243 e. The van der Waals surface area contributed by atoms with E-state index < -0.39 is 0 Å². The van der Waals surface area contributed by atoms with Gasteiger partial charge >= 0.3 is 0 Å². The maximum absolute atomic E-state index is 13.1. The maximum atomic E-state index is 13.1. The molecule has 1 aromatic rings. The Hall–Kier alpha value is -2.11. The molecule has 2 heterocycles. The van der Waals surface area contributed by atoms with Crippen LogP contribution in [-0.4, -0.2) is 48.4 Å². The number of likely N-dealkylation sites (tertiary alicyclic amines) is 1. The normalized spacial score (nSPS) is 24.0. The number of piperidine rings is 2. The average Bonchev–Trinajstić information content (AvgIpc) is 3.54. The Morgan fingerprint density at radius 1 is 0.926 bits per heavy atom. The molecule has 2 amide bonds. The third-order valence-corrected chi connectivity index (χ3v) is 6.05. The monoisotopic (exact) mass is 373 g/mol. The van der Waals surface area contributed by atoms with E-state index in [1.807, 2.05) is 4.90 Å². The molecule has 1 aliphatic carbocycles. The molecule has 0 radical (unpaired) electrons. The Labute approximate surface area is 159 Å². The minimum absolute atomic E-state index is 0.0175. The van der Waals surface area contributed by atoms with Crippen LogP contribution in [0.3, 0.4) is 0 Å². The fraction of sp³-hybridized carbons (Fsp3) is 0.619. The molecule has 5 nitrogen and oxygen atoms in total. The lowest BCUT2D eigenvalue weighted by atomic mass is 9.98. The SMILES string of the molecule is O=C(NC1CCN(c2ccc(F)cc2)CC1)[C@@H]1CCCCN1C(=O)C1CC1. The first-order valence-electron chi connectivity index (χ1n) is 10.2. The Kier molecular flexibility index (Phi) is 5.32. The summed E-state index contributed by atoms with van der Waals surface area (Å²) in [5.41, 5.74) is 1.02. The molecule has 2 saturated heterocycles. The van der Waals surface area contributed by atoms with Crippen LogP contribution in [-0.2, 0) is 9.59 Å². The van der Waals surface area contributed by atoms with Gasteiger partial charge in [-0.15, -0.1) is 0 Å². The van der Waals surface area contributed by atoms with Gasteiger partial charge in [0, 0.05) is 37.3 Å². The standard InChI is InChI=1S/C21H28FN3O2/c22-16-6-8-18(9-7-16)24-13-10-17(11-14-24)23-20(26)19-3-1-2-12-25(19)21(27)15-4-5-15/h6-9,15,17,19H,1-5,10-14H2,(H,23,26)/t19-/m0/s1. The summed E-state index contributed by atoms with van der Waals surface area (Å²) < 4.78 is 13.1. The highest BCUT2D eigenvalue weighted by molar-refractivity contribution is 5.89. The summed E-state index contributed by atoms with van der Waals surface area (Å²) in [7, 11) is 0. The van der Waals surface area contributed by atoms with Crippen molar-refractivity contribution in [3.63, 3.8) is 0 Å². The molecule has 27 heavy (non-hydrogen) atoms. The Morgan fingerprint density at radius 2 is 1.63 bits per heavy atom. The van der Waals surface area contributed by atoms with Gasteiger partial charge in [-0.25, -0.2) is 4.39 Å².